The first kappa shape index (κ1) is 24.0. The average Bonchev–Trinajstić information content (AvgIpc) is 2.61. The van der Waals surface area contributed by atoms with Gasteiger partial charge in [0.25, 0.3) is 5.91 Å². The standard InChI is InChI=1S/C23H36N2O3/c1-7-9-12-27-20-10-11-21(19(13-20)16-24)25-22(26)23(28-8-2,14-17(3)4)15-18(5)6/h10-11,13,17-18H,7-9,12,14-15H2,1-6H3,(H,25,26). The van der Waals surface area contributed by atoms with E-state index in [1.165, 1.54) is 0 Å². The van der Waals surface area contributed by atoms with Crippen LogP contribution in [0.1, 0.15) is 72.8 Å². The van der Waals surface area contributed by atoms with Crippen molar-refractivity contribution in [2.24, 2.45) is 11.8 Å². The molecule has 1 rings (SSSR count). The van der Waals surface area contributed by atoms with Crippen LogP contribution in [0, 0.1) is 23.2 Å². The van der Waals surface area contributed by atoms with Gasteiger partial charge in [0.05, 0.1) is 17.9 Å². The van der Waals surface area contributed by atoms with Crippen LogP contribution in [0.4, 0.5) is 5.69 Å². The summed E-state index contributed by atoms with van der Waals surface area (Å²) in [5.74, 6) is 1.07. The summed E-state index contributed by atoms with van der Waals surface area (Å²) >= 11 is 0. The molecule has 0 atom stereocenters. The molecule has 1 aromatic carbocycles. The highest BCUT2D eigenvalue weighted by molar-refractivity contribution is 5.98. The number of carbonyl (C=O) groups is 1. The molecule has 0 saturated carbocycles. The molecule has 1 N–H and O–H groups in total. The van der Waals surface area contributed by atoms with E-state index in [4.69, 9.17) is 9.47 Å². The number of carbonyl (C=O) groups excluding carboxylic acids is 1. The molecule has 0 aliphatic rings. The minimum atomic E-state index is -0.903. The van der Waals surface area contributed by atoms with Crippen LogP contribution < -0.4 is 10.1 Å². The van der Waals surface area contributed by atoms with E-state index in [9.17, 15) is 10.1 Å². The molecular formula is C23H36N2O3. The van der Waals surface area contributed by atoms with Gasteiger partial charge < -0.3 is 14.8 Å². The number of unbranched alkanes of at least 4 members (excludes halogenated alkanes) is 1. The number of rotatable bonds is 12. The third kappa shape index (κ3) is 7.16. The molecule has 0 saturated heterocycles. The molecule has 0 unspecified atom stereocenters. The highest BCUT2D eigenvalue weighted by atomic mass is 16.5. The van der Waals surface area contributed by atoms with Crippen molar-refractivity contribution in [2.75, 3.05) is 18.5 Å². The van der Waals surface area contributed by atoms with Crippen molar-refractivity contribution in [3.8, 4) is 11.8 Å². The SMILES string of the molecule is CCCCOc1ccc(NC(=O)C(CC(C)C)(CC(C)C)OCC)c(C#N)c1. The van der Waals surface area contributed by atoms with Crippen molar-refractivity contribution in [3.63, 3.8) is 0 Å². The predicted octanol–water partition coefficient (Wildman–Crippen LogP) is 5.54. The smallest absolute Gasteiger partial charge is 0.256 e. The average molecular weight is 389 g/mol. The predicted molar refractivity (Wildman–Crippen MR) is 113 cm³/mol. The summed E-state index contributed by atoms with van der Waals surface area (Å²) in [5.41, 5.74) is -0.0195. The third-order valence-electron chi connectivity index (χ3n) is 4.44. The molecule has 0 aromatic heterocycles. The van der Waals surface area contributed by atoms with Gasteiger partial charge in [0.15, 0.2) is 0 Å². The zero-order valence-corrected chi connectivity index (χ0v) is 18.3. The van der Waals surface area contributed by atoms with Crippen LogP contribution in [0.2, 0.25) is 0 Å². The maximum Gasteiger partial charge on any atom is 0.256 e. The summed E-state index contributed by atoms with van der Waals surface area (Å²) in [4.78, 5) is 13.3. The highest BCUT2D eigenvalue weighted by Crippen LogP contribution is 2.32. The highest BCUT2D eigenvalue weighted by Gasteiger charge is 2.40. The molecule has 1 amide bonds. The van der Waals surface area contributed by atoms with E-state index in [1.807, 2.05) is 6.92 Å². The number of nitrogens with one attached hydrogen (secondary N) is 1. The lowest BCUT2D eigenvalue weighted by atomic mass is 9.83. The Bertz CT molecular complexity index is 652. The van der Waals surface area contributed by atoms with E-state index in [1.54, 1.807) is 18.2 Å². The van der Waals surface area contributed by atoms with Gasteiger partial charge >= 0.3 is 0 Å². The Morgan fingerprint density at radius 3 is 2.32 bits per heavy atom. The number of anilines is 1. The summed E-state index contributed by atoms with van der Waals surface area (Å²) < 4.78 is 11.7. The number of benzene rings is 1. The van der Waals surface area contributed by atoms with Crippen LogP contribution in [-0.4, -0.2) is 24.7 Å². The molecule has 5 nitrogen and oxygen atoms in total. The minimum Gasteiger partial charge on any atom is -0.494 e. The van der Waals surface area contributed by atoms with Crippen LogP contribution in [0.3, 0.4) is 0 Å². The Hall–Kier alpha value is -2.06. The van der Waals surface area contributed by atoms with Crippen LogP contribution in [-0.2, 0) is 9.53 Å². The van der Waals surface area contributed by atoms with Gasteiger partial charge in [-0.3, -0.25) is 4.79 Å². The zero-order chi connectivity index (χ0) is 21.2. The van der Waals surface area contributed by atoms with Gasteiger partial charge in [0.2, 0.25) is 0 Å². The molecule has 28 heavy (non-hydrogen) atoms. The summed E-state index contributed by atoms with van der Waals surface area (Å²) in [7, 11) is 0. The largest absolute Gasteiger partial charge is 0.494 e. The first-order chi connectivity index (χ1) is 13.3. The van der Waals surface area contributed by atoms with Gasteiger partial charge in [-0.2, -0.15) is 5.26 Å². The van der Waals surface area contributed by atoms with Crippen molar-refractivity contribution >= 4 is 11.6 Å². The fourth-order valence-electron chi connectivity index (χ4n) is 3.43. The Morgan fingerprint density at radius 2 is 1.82 bits per heavy atom. The summed E-state index contributed by atoms with van der Waals surface area (Å²) in [5, 5.41) is 12.5. The molecule has 0 radical (unpaired) electrons. The normalized spacial score (nSPS) is 11.5. The quantitative estimate of drug-likeness (QED) is 0.477. The van der Waals surface area contributed by atoms with Gasteiger partial charge in [0, 0.05) is 6.61 Å². The molecule has 0 heterocycles. The van der Waals surface area contributed by atoms with Crippen molar-refractivity contribution in [2.45, 2.75) is 72.8 Å². The number of nitrogens with zero attached hydrogens (tertiary/aromatic N) is 1. The van der Waals surface area contributed by atoms with Gasteiger partial charge in [0.1, 0.15) is 17.4 Å². The van der Waals surface area contributed by atoms with Crippen molar-refractivity contribution in [1.82, 2.24) is 0 Å². The fourth-order valence-corrected chi connectivity index (χ4v) is 3.43. The summed E-state index contributed by atoms with van der Waals surface area (Å²) in [6.07, 6.45) is 3.27. The molecule has 156 valence electrons. The topological polar surface area (TPSA) is 71.3 Å². The molecule has 5 heteroatoms. The van der Waals surface area contributed by atoms with Gasteiger partial charge in [-0.1, -0.05) is 41.0 Å². The van der Waals surface area contributed by atoms with Gasteiger partial charge in [-0.25, -0.2) is 0 Å². The minimum absolute atomic E-state index is 0.187. The Morgan fingerprint density at radius 1 is 1.18 bits per heavy atom. The van der Waals surface area contributed by atoms with Crippen molar-refractivity contribution in [1.29, 1.82) is 5.26 Å². The second-order valence-electron chi connectivity index (χ2n) is 8.10. The zero-order valence-electron chi connectivity index (χ0n) is 18.3. The van der Waals surface area contributed by atoms with Gasteiger partial charge in [-0.15, -0.1) is 0 Å². The van der Waals surface area contributed by atoms with Crippen LogP contribution in [0.5, 0.6) is 5.75 Å². The summed E-state index contributed by atoms with van der Waals surface area (Å²) in [6, 6.07) is 7.37. The Labute approximate surface area is 170 Å². The molecular weight excluding hydrogens is 352 g/mol. The Kier molecular flexibility index (Phi) is 10.0. The molecule has 0 bridgehead atoms. The second-order valence-corrected chi connectivity index (χ2v) is 8.10. The van der Waals surface area contributed by atoms with E-state index in [-0.39, 0.29) is 5.91 Å². The molecule has 1 aromatic rings. The van der Waals surface area contributed by atoms with Crippen LogP contribution in [0.15, 0.2) is 18.2 Å². The number of amides is 1. The van der Waals surface area contributed by atoms with Crippen molar-refractivity contribution < 1.29 is 14.3 Å². The van der Waals surface area contributed by atoms with Gasteiger partial charge in [-0.05, 0) is 56.2 Å². The van der Waals surface area contributed by atoms with Crippen LogP contribution in [0.25, 0.3) is 0 Å². The lowest BCUT2D eigenvalue weighted by Crippen LogP contribution is -2.47. The Balaban J connectivity index is 3.10. The van der Waals surface area contributed by atoms with E-state index in [0.717, 1.165) is 12.8 Å². The number of hydrogen-bond donors (Lipinski definition) is 1. The first-order valence-corrected chi connectivity index (χ1v) is 10.4. The number of hydrogen-bond acceptors (Lipinski definition) is 4. The van der Waals surface area contributed by atoms with E-state index in [0.29, 0.717) is 54.9 Å². The summed E-state index contributed by atoms with van der Waals surface area (Å²) in [6.45, 7) is 13.4. The molecule has 0 aliphatic heterocycles. The molecule has 0 spiro atoms. The molecule has 0 fully saturated rings. The third-order valence-corrected chi connectivity index (χ3v) is 4.44. The second kappa shape index (κ2) is 11.7. The monoisotopic (exact) mass is 388 g/mol. The lowest BCUT2D eigenvalue weighted by molar-refractivity contribution is -0.146. The van der Waals surface area contributed by atoms with E-state index < -0.39 is 5.60 Å². The van der Waals surface area contributed by atoms with Crippen molar-refractivity contribution in [3.05, 3.63) is 23.8 Å². The lowest BCUT2D eigenvalue weighted by Gasteiger charge is -2.35. The maximum atomic E-state index is 13.3. The van der Waals surface area contributed by atoms with Crippen LogP contribution >= 0.6 is 0 Å². The maximum absolute atomic E-state index is 13.3. The van der Waals surface area contributed by atoms with E-state index in [2.05, 4.69) is 46.0 Å². The number of nitriles is 1. The van der Waals surface area contributed by atoms with E-state index >= 15 is 0 Å². The first-order valence-electron chi connectivity index (χ1n) is 10.4. The number of ether oxygens (including phenoxy) is 2. The molecule has 0 aliphatic carbocycles. The fraction of sp³-hybridized carbons (Fsp3) is 0.652.